The zero-order chi connectivity index (χ0) is 17.9. The van der Waals surface area contributed by atoms with Crippen molar-refractivity contribution in [2.24, 2.45) is 0 Å². The third-order valence-corrected chi connectivity index (χ3v) is 3.27. The first kappa shape index (κ1) is 17.7. The second-order valence-electron chi connectivity index (χ2n) is 5.18. The van der Waals surface area contributed by atoms with Crippen LogP contribution in [-0.4, -0.2) is 25.4 Å². The smallest absolute Gasteiger partial charge is 0.362 e. The predicted octanol–water partition coefficient (Wildman–Crippen LogP) is 3.94. The SMILES string of the molecule is CN(C)c1nc(C(F)(F)F)ccc1/C(=C/C=O)c1ccc(F)cc1. The third kappa shape index (κ3) is 3.79. The average molecular weight is 338 g/mol. The van der Waals surface area contributed by atoms with Crippen molar-refractivity contribution in [2.75, 3.05) is 19.0 Å². The topological polar surface area (TPSA) is 33.2 Å². The Balaban J connectivity index is 2.64. The van der Waals surface area contributed by atoms with E-state index in [1.165, 1.54) is 41.3 Å². The first-order valence-corrected chi connectivity index (χ1v) is 6.91. The van der Waals surface area contributed by atoms with Crippen LogP contribution in [0.5, 0.6) is 0 Å². The predicted molar refractivity (Wildman–Crippen MR) is 83.1 cm³/mol. The minimum Gasteiger partial charge on any atom is -0.362 e. The number of allylic oxidation sites excluding steroid dienone is 1. The monoisotopic (exact) mass is 338 g/mol. The number of aldehydes is 1. The van der Waals surface area contributed by atoms with Gasteiger partial charge in [-0.05, 0) is 41.5 Å². The standard InChI is InChI=1S/C17H14F4N2O/c1-23(2)16-14(7-8-15(22-16)17(19,20)21)13(9-10-24)11-3-5-12(18)6-4-11/h3-10H,1-2H3/b13-9+. The van der Waals surface area contributed by atoms with Crippen molar-refractivity contribution in [3.63, 3.8) is 0 Å². The van der Waals surface area contributed by atoms with Crippen LogP contribution < -0.4 is 4.90 Å². The molecule has 0 aliphatic rings. The fourth-order valence-electron chi connectivity index (χ4n) is 2.20. The van der Waals surface area contributed by atoms with Crippen LogP contribution in [0.3, 0.4) is 0 Å². The molecule has 24 heavy (non-hydrogen) atoms. The van der Waals surface area contributed by atoms with E-state index in [2.05, 4.69) is 4.98 Å². The van der Waals surface area contributed by atoms with Crippen LogP contribution in [0.1, 0.15) is 16.8 Å². The maximum absolute atomic E-state index is 13.1. The Labute approximate surface area is 136 Å². The Kier molecular flexibility index (Phi) is 5.02. The van der Waals surface area contributed by atoms with Crippen LogP contribution in [0, 0.1) is 5.82 Å². The summed E-state index contributed by atoms with van der Waals surface area (Å²) in [5, 5.41) is 0. The Morgan fingerprint density at radius 3 is 2.21 bits per heavy atom. The average Bonchev–Trinajstić information content (AvgIpc) is 2.52. The Morgan fingerprint density at radius 2 is 1.71 bits per heavy atom. The number of rotatable bonds is 4. The molecule has 0 aliphatic carbocycles. The molecule has 7 heteroatoms. The van der Waals surface area contributed by atoms with Crippen molar-refractivity contribution >= 4 is 17.7 Å². The van der Waals surface area contributed by atoms with E-state index < -0.39 is 17.7 Å². The van der Waals surface area contributed by atoms with E-state index in [0.29, 0.717) is 23.0 Å². The number of nitrogens with zero attached hydrogens (tertiary/aromatic N) is 2. The largest absolute Gasteiger partial charge is 0.433 e. The molecule has 0 bridgehead atoms. The minimum absolute atomic E-state index is 0.0576. The number of benzene rings is 1. The highest BCUT2D eigenvalue weighted by Gasteiger charge is 2.33. The van der Waals surface area contributed by atoms with Gasteiger partial charge in [-0.2, -0.15) is 13.2 Å². The highest BCUT2D eigenvalue weighted by Crippen LogP contribution is 2.34. The number of carbonyl (C=O) groups excluding carboxylic acids is 1. The van der Waals surface area contributed by atoms with Crippen LogP contribution >= 0.6 is 0 Å². The van der Waals surface area contributed by atoms with Gasteiger partial charge in [-0.15, -0.1) is 0 Å². The molecular formula is C17H14F4N2O. The lowest BCUT2D eigenvalue weighted by Gasteiger charge is -2.20. The molecule has 1 heterocycles. The Morgan fingerprint density at radius 1 is 1.08 bits per heavy atom. The summed E-state index contributed by atoms with van der Waals surface area (Å²) in [6, 6.07) is 7.42. The van der Waals surface area contributed by atoms with Crippen molar-refractivity contribution in [1.29, 1.82) is 0 Å². The van der Waals surface area contributed by atoms with Gasteiger partial charge >= 0.3 is 6.18 Å². The molecule has 1 aromatic carbocycles. The number of pyridine rings is 1. The molecule has 0 spiro atoms. The van der Waals surface area contributed by atoms with Crippen molar-refractivity contribution in [3.8, 4) is 0 Å². The van der Waals surface area contributed by atoms with Gasteiger partial charge in [-0.25, -0.2) is 9.37 Å². The third-order valence-electron chi connectivity index (χ3n) is 3.27. The van der Waals surface area contributed by atoms with E-state index in [4.69, 9.17) is 0 Å². The maximum Gasteiger partial charge on any atom is 0.433 e. The number of alkyl halides is 3. The fourth-order valence-corrected chi connectivity index (χ4v) is 2.20. The van der Waals surface area contributed by atoms with E-state index in [0.717, 1.165) is 6.07 Å². The molecule has 0 atom stereocenters. The van der Waals surface area contributed by atoms with Gasteiger partial charge in [0.2, 0.25) is 0 Å². The number of halogens is 4. The lowest BCUT2D eigenvalue weighted by Crippen LogP contribution is -2.17. The Hall–Kier alpha value is -2.70. The quantitative estimate of drug-likeness (QED) is 0.481. The van der Waals surface area contributed by atoms with Crippen molar-refractivity contribution in [2.45, 2.75) is 6.18 Å². The minimum atomic E-state index is -4.58. The first-order valence-electron chi connectivity index (χ1n) is 6.91. The Bertz CT molecular complexity index is 765. The molecule has 0 aliphatic heterocycles. The van der Waals surface area contributed by atoms with Crippen molar-refractivity contribution in [3.05, 3.63) is 65.1 Å². The molecule has 0 fully saturated rings. The van der Waals surface area contributed by atoms with Crippen molar-refractivity contribution < 1.29 is 22.4 Å². The highest BCUT2D eigenvalue weighted by molar-refractivity contribution is 5.92. The number of hydrogen-bond donors (Lipinski definition) is 0. The number of hydrogen-bond acceptors (Lipinski definition) is 3. The summed E-state index contributed by atoms with van der Waals surface area (Å²) in [5.74, 6) is -0.398. The highest BCUT2D eigenvalue weighted by atomic mass is 19.4. The molecule has 0 saturated heterocycles. The molecule has 3 nitrogen and oxygen atoms in total. The summed E-state index contributed by atoms with van der Waals surface area (Å²) in [5.41, 5.74) is 0.161. The second kappa shape index (κ2) is 6.82. The maximum atomic E-state index is 13.1. The molecule has 1 aromatic heterocycles. The van der Waals surface area contributed by atoms with Crippen LogP contribution in [0.2, 0.25) is 0 Å². The van der Waals surface area contributed by atoms with E-state index in [1.807, 2.05) is 0 Å². The molecule has 126 valence electrons. The van der Waals surface area contributed by atoms with Gasteiger partial charge in [0.15, 0.2) is 0 Å². The molecule has 0 saturated carbocycles. The van der Waals surface area contributed by atoms with Gasteiger partial charge in [-0.1, -0.05) is 12.1 Å². The molecule has 0 unspecified atom stereocenters. The van der Waals surface area contributed by atoms with Crippen LogP contribution in [-0.2, 0) is 11.0 Å². The normalized spacial score (nSPS) is 12.2. The molecule has 0 amide bonds. The number of carbonyl (C=O) groups is 1. The van der Waals surface area contributed by atoms with Gasteiger partial charge in [0.25, 0.3) is 0 Å². The molecule has 2 rings (SSSR count). The van der Waals surface area contributed by atoms with Crippen molar-refractivity contribution in [1.82, 2.24) is 4.98 Å². The lowest BCUT2D eigenvalue weighted by atomic mass is 9.97. The van der Waals surface area contributed by atoms with Crippen LogP contribution in [0.15, 0.2) is 42.5 Å². The fraction of sp³-hybridized carbons (Fsp3) is 0.176. The second-order valence-corrected chi connectivity index (χ2v) is 5.18. The van der Waals surface area contributed by atoms with Gasteiger partial charge in [0.1, 0.15) is 23.6 Å². The molecular weight excluding hydrogens is 324 g/mol. The number of aromatic nitrogens is 1. The first-order chi connectivity index (χ1) is 11.2. The summed E-state index contributed by atoms with van der Waals surface area (Å²) >= 11 is 0. The van der Waals surface area contributed by atoms with E-state index in [1.54, 1.807) is 14.1 Å². The summed E-state index contributed by atoms with van der Waals surface area (Å²) in [6.45, 7) is 0. The van der Waals surface area contributed by atoms with Gasteiger partial charge < -0.3 is 4.90 Å². The zero-order valence-corrected chi connectivity index (χ0v) is 12.9. The summed E-state index contributed by atoms with van der Waals surface area (Å²) < 4.78 is 51.8. The van der Waals surface area contributed by atoms with Crippen LogP contribution in [0.25, 0.3) is 5.57 Å². The number of anilines is 1. The molecule has 2 aromatic rings. The zero-order valence-electron chi connectivity index (χ0n) is 12.9. The van der Waals surface area contributed by atoms with Gasteiger partial charge in [0, 0.05) is 19.7 Å². The van der Waals surface area contributed by atoms with E-state index in [-0.39, 0.29) is 5.82 Å². The molecule has 0 radical (unpaired) electrons. The van der Waals surface area contributed by atoms with E-state index >= 15 is 0 Å². The van der Waals surface area contributed by atoms with Gasteiger partial charge in [0.05, 0.1) is 0 Å². The lowest BCUT2D eigenvalue weighted by molar-refractivity contribution is -0.141. The summed E-state index contributed by atoms with van der Waals surface area (Å²) in [4.78, 5) is 16.1. The van der Waals surface area contributed by atoms with E-state index in [9.17, 15) is 22.4 Å². The van der Waals surface area contributed by atoms with Crippen LogP contribution in [0.4, 0.5) is 23.4 Å². The summed E-state index contributed by atoms with van der Waals surface area (Å²) in [6.07, 6.45) is -2.84. The van der Waals surface area contributed by atoms with Gasteiger partial charge in [-0.3, -0.25) is 4.79 Å². The summed E-state index contributed by atoms with van der Waals surface area (Å²) in [7, 11) is 3.10. The molecule has 0 N–H and O–H groups in total.